The molecule has 0 spiro atoms. The monoisotopic (exact) mass is 347 g/mol. The van der Waals surface area contributed by atoms with Crippen molar-refractivity contribution < 1.29 is 23.9 Å². The minimum Gasteiger partial charge on any atom is -0.465 e. The van der Waals surface area contributed by atoms with E-state index in [1.807, 2.05) is 0 Å². The van der Waals surface area contributed by atoms with Crippen molar-refractivity contribution in [3.05, 3.63) is 29.8 Å². The maximum absolute atomic E-state index is 11.9. The molecule has 25 heavy (non-hydrogen) atoms. The molecule has 1 N–H and O–H groups in total. The number of amides is 1. The van der Waals surface area contributed by atoms with E-state index < -0.39 is 11.9 Å². The molecule has 2 rings (SSSR count). The first kappa shape index (κ1) is 19.0. The zero-order valence-corrected chi connectivity index (χ0v) is 14.6. The van der Waals surface area contributed by atoms with E-state index in [0.29, 0.717) is 23.6 Å². The van der Waals surface area contributed by atoms with Crippen LogP contribution in [0.25, 0.3) is 0 Å². The van der Waals surface area contributed by atoms with Gasteiger partial charge in [0.25, 0.3) is 5.91 Å². The number of hydrogen-bond donors (Lipinski definition) is 1. The predicted octanol–water partition coefficient (Wildman–Crippen LogP) is 3.32. The summed E-state index contributed by atoms with van der Waals surface area (Å²) in [6.07, 6.45) is 7.34. The second kappa shape index (κ2) is 9.81. The molecule has 0 heterocycles. The number of rotatable bonds is 7. The standard InChI is InChI=1S/C19H25NO5/c1-24-19(23)15-8-5-9-16(12-15)20-17(21)13-25-18(22)11-10-14-6-3-2-4-7-14/h5,8-9,12,14H,2-4,6-7,10-11,13H2,1H3,(H,20,21). The first-order chi connectivity index (χ1) is 12.1. The van der Waals surface area contributed by atoms with Gasteiger partial charge in [0.05, 0.1) is 12.7 Å². The molecule has 6 nitrogen and oxygen atoms in total. The van der Waals surface area contributed by atoms with Crippen molar-refractivity contribution in [2.24, 2.45) is 5.92 Å². The number of carbonyl (C=O) groups is 3. The molecule has 1 aromatic rings. The lowest BCUT2D eigenvalue weighted by Crippen LogP contribution is -2.21. The molecule has 0 saturated heterocycles. The Hall–Kier alpha value is -2.37. The van der Waals surface area contributed by atoms with Gasteiger partial charge in [0.1, 0.15) is 0 Å². The van der Waals surface area contributed by atoms with E-state index in [2.05, 4.69) is 10.1 Å². The molecule has 0 aliphatic heterocycles. The SMILES string of the molecule is COC(=O)c1cccc(NC(=O)COC(=O)CCC2CCCCC2)c1. The second-order valence-electron chi connectivity index (χ2n) is 6.32. The van der Waals surface area contributed by atoms with Gasteiger partial charge in [-0.1, -0.05) is 38.2 Å². The predicted molar refractivity (Wildman–Crippen MR) is 93.2 cm³/mol. The lowest BCUT2D eigenvalue weighted by atomic mass is 9.86. The van der Waals surface area contributed by atoms with Gasteiger partial charge in [-0.25, -0.2) is 4.79 Å². The van der Waals surface area contributed by atoms with Crippen LogP contribution in [-0.2, 0) is 19.1 Å². The molecule has 1 amide bonds. The van der Waals surface area contributed by atoms with Crippen LogP contribution in [-0.4, -0.2) is 31.6 Å². The third-order valence-corrected chi connectivity index (χ3v) is 4.41. The number of esters is 2. The fourth-order valence-electron chi connectivity index (χ4n) is 3.05. The van der Waals surface area contributed by atoms with Gasteiger partial charge < -0.3 is 14.8 Å². The van der Waals surface area contributed by atoms with Crippen LogP contribution in [0.2, 0.25) is 0 Å². The summed E-state index contributed by atoms with van der Waals surface area (Å²) in [5, 5.41) is 2.60. The Morgan fingerprint density at radius 2 is 1.92 bits per heavy atom. The summed E-state index contributed by atoms with van der Waals surface area (Å²) in [5.74, 6) is -0.654. The average molecular weight is 347 g/mol. The van der Waals surface area contributed by atoms with Crippen molar-refractivity contribution in [1.29, 1.82) is 0 Å². The Morgan fingerprint density at radius 1 is 1.16 bits per heavy atom. The topological polar surface area (TPSA) is 81.7 Å². The third-order valence-electron chi connectivity index (χ3n) is 4.41. The molecule has 6 heteroatoms. The molecule has 136 valence electrons. The number of hydrogen-bond acceptors (Lipinski definition) is 5. The van der Waals surface area contributed by atoms with Crippen molar-refractivity contribution in [2.45, 2.75) is 44.9 Å². The molecule has 1 saturated carbocycles. The fraction of sp³-hybridized carbons (Fsp3) is 0.526. The number of ether oxygens (including phenoxy) is 2. The summed E-state index contributed by atoms with van der Waals surface area (Å²) < 4.78 is 9.65. The summed E-state index contributed by atoms with van der Waals surface area (Å²) in [5.41, 5.74) is 0.788. The number of benzene rings is 1. The molecule has 1 aromatic carbocycles. The van der Waals surface area contributed by atoms with Gasteiger partial charge >= 0.3 is 11.9 Å². The van der Waals surface area contributed by atoms with E-state index >= 15 is 0 Å². The van der Waals surface area contributed by atoms with Crippen LogP contribution in [0, 0.1) is 5.92 Å². The van der Waals surface area contributed by atoms with Gasteiger partial charge in [0, 0.05) is 12.1 Å². The van der Waals surface area contributed by atoms with Crippen molar-refractivity contribution in [1.82, 2.24) is 0 Å². The average Bonchev–Trinajstić information content (AvgIpc) is 2.65. The van der Waals surface area contributed by atoms with Gasteiger partial charge in [-0.05, 0) is 30.5 Å². The Labute approximate surface area is 147 Å². The maximum Gasteiger partial charge on any atom is 0.337 e. The van der Waals surface area contributed by atoms with E-state index in [1.54, 1.807) is 18.2 Å². The highest BCUT2D eigenvalue weighted by Gasteiger charge is 2.16. The van der Waals surface area contributed by atoms with E-state index in [0.717, 1.165) is 6.42 Å². The number of anilines is 1. The highest BCUT2D eigenvalue weighted by atomic mass is 16.5. The van der Waals surface area contributed by atoms with Gasteiger partial charge in [-0.15, -0.1) is 0 Å². The van der Waals surface area contributed by atoms with Crippen LogP contribution in [0.15, 0.2) is 24.3 Å². The summed E-state index contributed by atoms with van der Waals surface area (Å²) in [4.78, 5) is 35.1. The van der Waals surface area contributed by atoms with Gasteiger partial charge in [-0.2, -0.15) is 0 Å². The van der Waals surface area contributed by atoms with Crippen LogP contribution < -0.4 is 5.32 Å². The number of methoxy groups -OCH3 is 1. The fourth-order valence-corrected chi connectivity index (χ4v) is 3.05. The Balaban J connectivity index is 1.71. The molecule has 0 atom stereocenters. The first-order valence-electron chi connectivity index (χ1n) is 8.72. The summed E-state index contributed by atoms with van der Waals surface area (Å²) in [6.45, 7) is -0.327. The second-order valence-corrected chi connectivity index (χ2v) is 6.32. The minimum absolute atomic E-state index is 0.327. The molecular formula is C19H25NO5. The van der Waals surface area contributed by atoms with Crippen LogP contribution in [0.4, 0.5) is 5.69 Å². The molecule has 0 unspecified atom stereocenters. The van der Waals surface area contributed by atoms with Crippen LogP contribution in [0.5, 0.6) is 0 Å². The van der Waals surface area contributed by atoms with Gasteiger partial charge in [0.15, 0.2) is 6.61 Å². The summed E-state index contributed by atoms with van der Waals surface area (Å²) in [6, 6.07) is 6.38. The maximum atomic E-state index is 11.9. The summed E-state index contributed by atoms with van der Waals surface area (Å²) in [7, 11) is 1.29. The van der Waals surface area contributed by atoms with Crippen molar-refractivity contribution >= 4 is 23.5 Å². The number of nitrogens with one attached hydrogen (secondary N) is 1. The minimum atomic E-state index is -0.481. The molecule has 0 radical (unpaired) electrons. The molecule has 0 aromatic heterocycles. The largest absolute Gasteiger partial charge is 0.465 e. The smallest absolute Gasteiger partial charge is 0.337 e. The van der Waals surface area contributed by atoms with Crippen LogP contribution >= 0.6 is 0 Å². The first-order valence-corrected chi connectivity index (χ1v) is 8.72. The van der Waals surface area contributed by atoms with Gasteiger partial charge in [0.2, 0.25) is 0 Å². The molecule has 1 aliphatic carbocycles. The number of carbonyl (C=O) groups excluding carboxylic acids is 3. The summed E-state index contributed by atoms with van der Waals surface area (Å²) >= 11 is 0. The molecular weight excluding hydrogens is 322 g/mol. The molecule has 0 bridgehead atoms. The molecule has 1 fully saturated rings. The lowest BCUT2D eigenvalue weighted by molar-refractivity contribution is -0.147. The van der Waals surface area contributed by atoms with Crippen molar-refractivity contribution in [2.75, 3.05) is 19.0 Å². The Morgan fingerprint density at radius 3 is 2.64 bits per heavy atom. The quantitative estimate of drug-likeness (QED) is 0.765. The van der Waals surface area contributed by atoms with E-state index in [4.69, 9.17) is 4.74 Å². The van der Waals surface area contributed by atoms with E-state index in [-0.39, 0.29) is 12.6 Å². The van der Waals surface area contributed by atoms with Crippen molar-refractivity contribution in [3.8, 4) is 0 Å². The lowest BCUT2D eigenvalue weighted by Gasteiger charge is -2.20. The zero-order valence-electron chi connectivity index (χ0n) is 14.6. The van der Waals surface area contributed by atoms with Gasteiger partial charge in [-0.3, -0.25) is 9.59 Å². The third kappa shape index (κ3) is 6.57. The van der Waals surface area contributed by atoms with Crippen LogP contribution in [0.3, 0.4) is 0 Å². The molecule has 1 aliphatic rings. The van der Waals surface area contributed by atoms with E-state index in [9.17, 15) is 14.4 Å². The zero-order chi connectivity index (χ0) is 18.1. The van der Waals surface area contributed by atoms with Crippen LogP contribution in [0.1, 0.15) is 55.3 Å². The van der Waals surface area contributed by atoms with E-state index in [1.165, 1.54) is 45.3 Å². The normalized spacial score (nSPS) is 14.6. The van der Waals surface area contributed by atoms with Crippen molar-refractivity contribution in [3.63, 3.8) is 0 Å². The highest BCUT2D eigenvalue weighted by Crippen LogP contribution is 2.27. The Kier molecular flexibility index (Phi) is 7.44. The highest BCUT2D eigenvalue weighted by molar-refractivity contribution is 5.95. The Bertz CT molecular complexity index is 608.